The normalized spacial score (nSPS) is 24.9. The summed E-state index contributed by atoms with van der Waals surface area (Å²) in [6.45, 7) is 9.12. The van der Waals surface area contributed by atoms with Crippen molar-refractivity contribution in [3.05, 3.63) is 0 Å². The highest BCUT2D eigenvalue weighted by Gasteiger charge is 2.32. The van der Waals surface area contributed by atoms with Gasteiger partial charge in [0.2, 0.25) is 0 Å². The molecule has 17 heavy (non-hydrogen) atoms. The summed E-state index contributed by atoms with van der Waals surface area (Å²) in [4.78, 5) is 2.39. The van der Waals surface area contributed by atoms with Gasteiger partial charge in [0.05, 0.1) is 12.2 Å². The largest absolute Gasteiger partial charge is 0.381 e. The van der Waals surface area contributed by atoms with E-state index in [1.807, 2.05) is 0 Å². The van der Waals surface area contributed by atoms with Crippen LogP contribution in [-0.2, 0) is 9.47 Å². The number of hydrogen-bond acceptors (Lipinski definition) is 4. The van der Waals surface area contributed by atoms with Crippen LogP contribution < -0.4 is 5.32 Å². The summed E-state index contributed by atoms with van der Waals surface area (Å²) in [6.07, 6.45) is 2.43. The lowest BCUT2D eigenvalue weighted by Gasteiger charge is -2.39. The van der Waals surface area contributed by atoms with Gasteiger partial charge in [0.1, 0.15) is 0 Å². The third kappa shape index (κ3) is 4.21. The van der Waals surface area contributed by atoms with Gasteiger partial charge in [-0.2, -0.15) is 0 Å². The fourth-order valence-corrected chi connectivity index (χ4v) is 2.49. The van der Waals surface area contributed by atoms with Crippen molar-refractivity contribution >= 4 is 0 Å². The van der Waals surface area contributed by atoms with Crippen LogP contribution in [0.5, 0.6) is 0 Å². The summed E-state index contributed by atoms with van der Waals surface area (Å²) in [7, 11) is 2.19. The molecule has 0 amide bonds. The zero-order valence-electron chi connectivity index (χ0n) is 11.2. The second-order valence-electron chi connectivity index (χ2n) is 5.72. The van der Waals surface area contributed by atoms with Crippen LogP contribution >= 0.6 is 0 Å². The van der Waals surface area contributed by atoms with Gasteiger partial charge in [0, 0.05) is 39.4 Å². The van der Waals surface area contributed by atoms with E-state index < -0.39 is 0 Å². The topological polar surface area (TPSA) is 33.7 Å². The van der Waals surface area contributed by atoms with Crippen LogP contribution in [0.2, 0.25) is 0 Å². The lowest BCUT2D eigenvalue weighted by molar-refractivity contribution is -0.0719. The predicted octanol–water partition coefficient (Wildman–Crippen LogP) is 0.723. The van der Waals surface area contributed by atoms with Gasteiger partial charge < -0.3 is 19.7 Å². The van der Waals surface area contributed by atoms with Crippen LogP contribution in [0.1, 0.15) is 19.8 Å². The standard InChI is InChI=1S/C13H26N2O2/c1-13(10-14-11-13)17-8-5-15(2)9-12-3-6-16-7-4-12/h12,14H,3-11H2,1-2H3. The molecule has 0 aromatic heterocycles. The first-order valence-electron chi connectivity index (χ1n) is 6.79. The van der Waals surface area contributed by atoms with E-state index in [-0.39, 0.29) is 5.60 Å². The molecule has 100 valence electrons. The number of hydrogen-bond donors (Lipinski definition) is 1. The van der Waals surface area contributed by atoms with Gasteiger partial charge in [-0.25, -0.2) is 0 Å². The Bertz CT molecular complexity index is 225. The van der Waals surface area contributed by atoms with Crippen LogP contribution in [0.3, 0.4) is 0 Å². The van der Waals surface area contributed by atoms with Crippen molar-refractivity contribution in [3.8, 4) is 0 Å². The highest BCUT2D eigenvalue weighted by Crippen LogP contribution is 2.17. The van der Waals surface area contributed by atoms with Gasteiger partial charge in [-0.05, 0) is 32.7 Å². The van der Waals surface area contributed by atoms with E-state index in [2.05, 4.69) is 24.2 Å². The molecule has 1 N–H and O–H groups in total. The quantitative estimate of drug-likeness (QED) is 0.744. The van der Waals surface area contributed by atoms with E-state index in [0.29, 0.717) is 0 Å². The van der Waals surface area contributed by atoms with Gasteiger partial charge in [-0.15, -0.1) is 0 Å². The Kier molecular flexibility index (Phi) is 4.79. The van der Waals surface area contributed by atoms with Crippen molar-refractivity contribution in [2.75, 3.05) is 53.0 Å². The molecule has 2 aliphatic rings. The average molecular weight is 242 g/mol. The number of nitrogens with zero attached hydrogens (tertiary/aromatic N) is 1. The Morgan fingerprint density at radius 2 is 2.06 bits per heavy atom. The van der Waals surface area contributed by atoms with Crippen molar-refractivity contribution in [1.82, 2.24) is 10.2 Å². The maximum atomic E-state index is 5.90. The van der Waals surface area contributed by atoms with Crippen LogP contribution in [0.4, 0.5) is 0 Å². The van der Waals surface area contributed by atoms with Gasteiger partial charge in [0.25, 0.3) is 0 Å². The third-order valence-corrected chi connectivity index (χ3v) is 3.83. The molecule has 2 fully saturated rings. The molecule has 4 heteroatoms. The molecule has 2 aliphatic heterocycles. The maximum Gasteiger partial charge on any atom is 0.0902 e. The number of ether oxygens (including phenoxy) is 2. The van der Waals surface area contributed by atoms with Crippen LogP contribution in [0.25, 0.3) is 0 Å². The van der Waals surface area contributed by atoms with E-state index in [0.717, 1.165) is 45.4 Å². The highest BCUT2D eigenvalue weighted by molar-refractivity contribution is 4.90. The molecule has 0 bridgehead atoms. The lowest BCUT2D eigenvalue weighted by atomic mass is 10.00. The minimum Gasteiger partial charge on any atom is -0.381 e. The van der Waals surface area contributed by atoms with E-state index in [9.17, 15) is 0 Å². The first-order chi connectivity index (χ1) is 8.18. The molecule has 0 atom stereocenters. The summed E-state index contributed by atoms with van der Waals surface area (Å²) in [5.41, 5.74) is 0.0967. The Balaban J connectivity index is 1.55. The predicted molar refractivity (Wildman–Crippen MR) is 68.3 cm³/mol. The minimum absolute atomic E-state index is 0.0967. The molecule has 0 aromatic carbocycles. The second-order valence-corrected chi connectivity index (χ2v) is 5.72. The molecule has 0 aromatic rings. The summed E-state index contributed by atoms with van der Waals surface area (Å²) in [6, 6.07) is 0. The third-order valence-electron chi connectivity index (χ3n) is 3.83. The Morgan fingerprint density at radius 3 is 2.65 bits per heavy atom. The van der Waals surface area contributed by atoms with E-state index in [1.165, 1.54) is 19.4 Å². The van der Waals surface area contributed by atoms with E-state index in [4.69, 9.17) is 9.47 Å². The molecule has 0 aliphatic carbocycles. The van der Waals surface area contributed by atoms with Gasteiger partial charge in [-0.1, -0.05) is 0 Å². The summed E-state index contributed by atoms with van der Waals surface area (Å²) in [5.74, 6) is 0.815. The summed E-state index contributed by atoms with van der Waals surface area (Å²) in [5, 5.41) is 3.25. The zero-order chi connectivity index (χ0) is 12.1. The Hall–Kier alpha value is -0.160. The van der Waals surface area contributed by atoms with Crippen molar-refractivity contribution in [1.29, 1.82) is 0 Å². The maximum absolute atomic E-state index is 5.90. The molecule has 2 saturated heterocycles. The van der Waals surface area contributed by atoms with Crippen LogP contribution in [0, 0.1) is 5.92 Å². The molecule has 0 radical (unpaired) electrons. The highest BCUT2D eigenvalue weighted by atomic mass is 16.5. The zero-order valence-corrected chi connectivity index (χ0v) is 11.2. The first kappa shape index (κ1) is 13.3. The van der Waals surface area contributed by atoms with Crippen molar-refractivity contribution in [2.24, 2.45) is 5.92 Å². The molecular weight excluding hydrogens is 216 g/mol. The molecule has 0 saturated carbocycles. The minimum atomic E-state index is 0.0967. The molecule has 0 spiro atoms. The fraction of sp³-hybridized carbons (Fsp3) is 1.00. The molecule has 0 unspecified atom stereocenters. The Morgan fingerprint density at radius 1 is 1.35 bits per heavy atom. The van der Waals surface area contributed by atoms with E-state index in [1.54, 1.807) is 0 Å². The van der Waals surface area contributed by atoms with Gasteiger partial charge in [-0.3, -0.25) is 0 Å². The SMILES string of the molecule is CN(CCOC1(C)CNC1)CC1CCOCC1. The number of likely N-dealkylation sites (N-methyl/N-ethyl adjacent to an activating group) is 1. The van der Waals surface area contributed by atoms with Crippen LogP contribution in [-0.4, -0.2) is 63.5 Å². The van der Waals surface area contributed by atoms with Crippen molar-refractivity contribution < 1.29 is 9.47 Å². The van der Waals surface area contributed by atoms with Crippen LogP contribution in [0.15, 0.2) is 0 Å². The summed E-state index contributed by atoms with van der Waals surface area (Å²) >= 11 is 0. The van der Waals surface area contributed by atoms with Crippen molar-refractivity contribution in [3.63, 3.8) is 0 Å². The fourth-order valence-electron chi connectivity index (χ4n) is 2.49. The number of rotatable bonds is 6. The van der Waals surface area contributed by atoms with Crippen molar-refractivity contribution in [2.45, 2.75) is 25.4 Å². The Labute approximate surface area is 105 Å². The molecule has 2 rings (SSSR count). The molecular formula is C13H26N2O2. The number of nitrogens with one attached hydrogen (secondary N) is 1. The smallest absolute Gasteiger partial charge is 0.0902 e. The van der Waals surface area contributed by atoms with Gasteiger partial charge in [0.15, 0.2) is 0 Å². The monoisotopic (exact) mass is 242 g/mol. The summed E-state index contributed by atoms with van der Waals surface area (Å²) < 4.78 is 11.3. The molecule has 4 nitrogen and oxygen atoms in total. The van der Waals surface area contributed by atoms with E-state index >= 15 is 0 Å². The lowest BCUT2D eigenvalue weighted by Crippen LogP contribution is -2.59. The van der Waals surface area contributed by atoms with Gasteiger partial charge >= 0.3 is 0 Å². The molecule has 2 heterocycles. The first-order valence-corrected chi connectivity index (χ1v) is 6.79. The average Bonchev–Trinajstić information content (AvgIpc) is 2.28. The second kappa shape index (κ2) is 6.14.